The molecule has 440 valence electrons. The van der Waals surface area contributed by atoms with Crippen molar-refractivity contribution in [2.45, 2.75) is 6.92 Å². The second-order valence-electron chi connectivity index (χ2n) is 14.7. The molecular formula is C55H59Cl3Fe2N6O12S3Y-. The molecule has 3 heterocycles. The summed E-state index contributed by atoms with van der Waals surface area (Å²) in [7, 11) is 22.1. The quantitative estimate of drug-likeness (QED) is 0.0218. The summed E-state index contributed by atoms with van der Waals surface area (Å²) in [4.78, 5) is 27.9. The third-order valence-corrected chi connectivity index (χ3v) is 11.9. The number of phenols is 5. The number of nitrogens with two attached hydrogens (primary N) is 2. The maximum absolute atomic E-state index is 10.3. The van der Waals surface area contributed by atoms with E-state index in [9.17, 15) is 30.3 Å². The Labute approximate surface area is 540 Å². The van der Waals surface area contributed by atoms with Crippen molar-refractivity contribution in [1.29, 1.82) is 0 Å². The summed E-state index contributed by atoms with van der Waals surface area (Å²) in [6, 6.07) is 25.5. The zero-order valence-corrected chi connectivity index (χ0v) is 54.7. The van der Waals surface area contributed by atoms with Crippen LogP contribution < -0.4 is 35.2 Å². The van der Waals surface area contributed by atoms with E-state index in [1.165, 1.54) is 75.6 Å². The van der Waals surface area contributed by atoms with Gasteiger partial charge in [-0.05, 0) is 67.6 Å². The predicted octanol–water partition coefficient (Wildman–Crippen LogP) is 14.0. The Morgan fingerprint density at radius 2 is 0.659 bits per heavy atom. The molecule has 0 saturated heterocycles. The van der Waals surface area contributed by atoms with Crippen LogP contribution in [0.3, 0.4) is 0 Å². The average molecular weight is 1400 g/mol. The molecule has 10 N–H and O–H groups in total. The van der Waals surface area contributed by atoms with E-state index >= 15 is 0 Å². The molecular weight excluding hydrogens is 1340 g/mol. The molecule has 82 heavy (non-hydrogen) atoms. The molecule has 0 aliphatic heterocycles. The standard InChI is InChI=1S/2C20H18N2O4S.C8H8O3.C4H6N2S.C2H6O.CH3.3ClH.2Fe.Y/c2*1-25-17-7-3-5-13(19(17)23)9-21-15-11-27-12-16(15)22-10-14-6-4-8-18(26-2)20(14)24;1-11-7-4-2-3-6(5-9)8(7)10;5-3-1-7-2-4(3)6;1-2-3;;;;;;;/h2*3-12,23-24H,1-2H3;2-5,10H,1H3;1-2H,5-6H2;3H,2H2,1H3;1H3;3*1H;;;/q;;;;;-1;;;;;+3;/p-3. The van der Waals surface area contributed by atoms with Crippen molar-refractivity contribution in [1.82, 2.24) is 0 Å². The summed E-state index contributed by atoms with van der Waals surface area (Å²) in [5, 5.41) is 68.4. The zero-order valence-electron chi connectivity index (χ0n) is 44.9. The molecule has 0 spiro atoms. The van der Waals surface area contributed by atoms with Crippen LogP contribution in [0.4, 0.5) is 34.1 Å². The Morgan fingerprint density at radius 3 is 0.841 bits per heavy atom. The van der Waals surface area contributed by atoms with E-state index in [0.29, 0.717) is 91.4 Å². The van der Waals surface area contributed by atoms with E-state index in [0.717, 1.165) is 0 Å². The van der Waals surface area contributed by atoms with Crippen molar-refractivity contribution in [2.24, 2.45) is 20.0 Å². The second kappa shape index (κ2) is 42.0. The van der Waals surface area contributed by atoms with Gasteiger partial charge in [0.05, 0.1) is 75.2 Å². The van der Waals surface area contributed by atoms with E-state index in [1.54, 1.807) is 117 Å². The Hall–Kier alpha value is -5.88. The molecule has 1 radical (unpaired) electrons. The number of carbonyl (C=O) groups excluding carboxylic acids is 1. The molecule has 0 atom stereocenters. The Balaban J connectivity index is 0.00000111. The number of phenolic OH excluding ortho intramolecular Hbond substituents is 5. The van der Waals surface area contributed by atoms with Gasteiger partial charge in [-0.15, -0.1) is 34.0 Å². The Bertz CT molecular complexity index is 2940. The van der Waals surface area contributed by atoms with Gasteiger partial charge in [0.1, 0.15) is 0 Å². The third kappa shape index (κ3) is 24.9. The monoisotopic (exact) mass is 1400 g/mol. The first kappa shape index (κ1) is 76.1. The molecule has 0 amide bonds. The van der Waals surface area contributed by atoms with Gasteiger partial charge in [-0.25, -0.2) is 0 Å². The van der Waals surface area contributed by atoms with Gasteiger partial charge < -0.3 is 73.2 Å². The first-order valence-corrected chi connectivity index (χ1v) is 29.8. The number of anilines is 2. The van der Waals surface area contributed by atoms with Crippen molar-refractivity contribution in [3.05, 3.63) is 159 Å². The average Bonchev–Trinajstić information content (AvgIpc) is 4.21. The van der Waals surface area contributed by atoms with Crippen LogP contribution in [-0.4, -0.2) is 104 Å². The summed E-state index contributed by atoms with van der Waals surface area (Å²) >= 11 is 3.10. The number of aliphatic hydroxyl groups excluding tert-OH is 1. The topological polar surface area (TPSA) is 286 Å². The number of aldehydes is 1. The van der Waals surface area contributed by atoms with E-state index in [4.69, 9.17) is 70.6 Å². The van der Waals surface area contributed by atoms with Crippen LogP contribution >= 0.6 is 64.3 Å². The fourth-order valence-corrected chi connectivity index (χ4v) is 7.87. The number of para-hydroxylation sites is 5. The molecule has 0 fully saturated rings. The number of aliphatic hydroxyl groups is 1. The van der Waals surface area contributed by atoms with Gasteiger partial charge in [-0.3, -0.25) is 24.8 Å². The smallest absolute Gasteiger partial charge is 0 e. The van der Waals surface area contributed by atoms with E-state index in [-0.39, 0.29) is 98.1 Å². The number of hydrogen-bond acceptors (Lipinski definition) is 21. The number of ether oxygens (including phenoxy) is 5. The molecule has 0 saturated carbocycles. The molecule has 3 aromatic heterocycles. The van der Waals surface area contributed by atoms with Gasteiger partial charge in [-0.2, -0.15) is 0 Å². The van der Waals surface area contributed by atoms with Crippen LogP contribution in [0.25, 0.3) is 0 Å². The number of methoxy groups -OCH3 is 5. The Morgan fingerprint density at radius 1 is 0.463 bits per heavy atom. The largest absolute Gasteiger partial charge is 0 e. The number of aliphatic imine (C=N–C) groups is 4. The van der Waals surface area contributed by atoms with Crippen molar-refractivity contribution in [3.8, 4) is 57.5 Å². The second-order valence-corrected chi connectivity index (χ2v) is 22.4. The summed E-state index contributed by atoms with van der Waals surface area (Å²) in [6.07, 6.45) is 6.81. The zero-order chi connectivity index (χ0) is 58.3. The number of nitrogen functional groups attached to an aromatic ring is 2. The number of benzene rings is 5. The molecule has 27 heteroatoms. The number of hydrogen-bond donors (Lipinski definition) is 8. The fraction of sp³-hybridized carbons (Fsp3) is 0.127. The maximum Gasteiger partial charge on any atom is 0 e. The van der Waals surface area contributed by atoms with Gasteiger partial charge in [-0.1, -0.05) is 30.3 Å². The number of nitrogens with zero attached hydrogens (tertiary/aromatic N) is 4. The van der Waals surface area contributed by atoms with Crippen LogP contribution in [0.15, 0.2) is 143 Å². The number of halogens is 3. The van der Waals surface area contributed by atoms with E-state index in [1.807, 2.05) is 32.3 Å². The Kier molecular flexibility index (Phi) is 39.0. The van der Waals surface area contributed by atoms with Gasteiger partial charge >= 0.3 is 41.5 Å². The molecule has 18 nitrogen and oxygen atoms in total. The van der Waals surface area contributed by atoms with Gasteiger partial charge in [0.15, 0.2) is 63.8 Å². The van der Waals surface area contributed by atoms with Crippen molar-refractivity contribution >= 4 is 130 Å². The molecule has 0 unspecified atom stereocenters. The minimum Gasteiger partial charge on any atom is 0 e. The van der Waals surface area contributed by atoms with E-state index in [2.05, 4.69) is 20.0 Å². The fourth-order valence-electron chi connectivity index (χ4n) is 5.86. The molecule has 5 aromatic carbocycles. The number of carbonyl (C=O) groups is 1. The normalized spacial score (nSPS) is 10.2. The number of aromatic hydroxyl groups is 5. The molecule has 0 aliphatic carbocycles. The van der Waals surface area contributed by atoms with Gasteiger partial charge in [0, 0.05) is 136 Å². The molecule has 0 aliphatic rings. The number of thiophene rings is 3. The number of rotatable bonds is 14. The summed E-state index contributed by atoms with van der Waals surface area (Å²) in [5.74, 6) is 1.88. The SMILES string of the molecule is CCO.COc1cccc(C=Nc2cscc2N=Cc2cccc(OC)c2O)c1O.COc1cccc(C=Nc2cscc2N=Cc2cccc(OC)c2O)c1O.COc1cccc(C=O)c1O.Nc1cscc1N.[CH3-].[Cl][Fe]([Cl])[Cl].[Fe].[Y]. The van der Waals surface area contributed by atoms with Crippen molar-refractivity contribution in [2.75, 3.05) is 53.6 Å². The molecule has 8 rings (SSSR count). The van der Waals surface area contributed by atoms with Crippen molar-refractivity contribution < 1.29 is 120 Å². The van der Waals surface area contributed by atoms with Crippen LogP contribution in [0.1, 0.15) is 39.5 Å². The van der Waals surface area contributed by atoms with Crippen LogP contribution in [-0.2, 0) is 60.9 Å². The van der Waals surface area contributed by atoms with Crippen LogP contribution in [0, 0.1) is 7.43 Å². The van der Waals surface area contributed by atoms with Crippen LogP contribution in [0.5, 0.6) is 57.5 Å². The summed E-state index contributed by atoms with van der Waals surface area (Å²) in [6.45, 7) is 1.93. The first-order valence-electron chi connectivity index (χ1n) is 22.4. The minimum absolute atomic E-state index is 0. The molecule has 8 aromatic rings. The summed E-state index contributed by atoms with van der Waals surface area (Å²) < 4.78 is 25.2. The third-order valence-electron chi connectivity index (χ3n) is 9.72. The minimum atomic E-state index is -1.33. The summed E-state index contributed by atoms with van der Waals surface area (Å²) in [5.41, 5.74) is 17.0. The first-order chi connectivity index (χ1) is 38.0. The van der Waals surface area contributed by atoms with Crippen molar-refractivity contribution in [3.63, 3.8) is 0 Å². The van der Waals surface area contributed by atoms with Gasteiger partial charge in [0.2, 0.25) is 0 Å². The van der Waals surface area contributed by atoms with E-state index < -0.39 is 11.2 Å². The predicted molar refractivity (Wildman–Crippen MR) is 326 cm³/mol. The maximum atomic E-state index is 10.3. The van der Waals surface area contributed by atoms with Gasteiger partial charge in [0.25, 0.3) is 0 Å². The molecule has 0 bridgehead atoms. The van der Waals surface area contributed by atoms with Crippen LogP contribution in [0.2, 0.25) is 0 Å².